The Hall–Kier alpha value is -1.79. The molecule has 0 radical (unpaired) electrons. The number of nitrogens with two attached hydrogens (primary N) is 1. The van der Waals surface area contributed by atoms with E-state index < -0.39 is 6.10 Å². The van der Waals surface area contributed by atoms with Crippen molar-refractivity contribution in [1.82, 2.24) is 10.1 Å². The van der Waals surface area contributed by atoms with Crippen molar-refractivity contribution in [3.8, 4) is 11.4 Å². The minimum Gasteiger partial charge on any atom is -0.370 e. The van der Waals surface area contributed by atoms with E-state index in [4.69, 9.17) is 15.0 Å². The fourth-order valence-corrected chi connectivity index (χ4v) is 1.41. The number of hydrogen-bond acceptors (Lipinski definition) is 5. The molecule has 0 fully saturated rings. The van der Waals surface area contributed by atoms with Gasteiger partial charge in [-0.1, -0.05) is 17.3 Å². The lowest BCUT2D eigenvalue weighted by Gasteiger charge is -2.05. The zero-order chi connectivity index (χ0) is 12.3. The predicted octanol–water partition coefficient (Wildman–Crippen LogP) is 1.52. The third-order valence-corrected chi connectivity index (χ3v) is 2.30. The lowest BCUT2D eigenvalue weighted by Crippen LogP contribution is -2.14. The smallest absolute Gasteiger partial charge is 0.257 e. The van der Waals surface area contributed by atoms with Crippen LogP contribution in [0.1, 0.15) is 12.0 Å². The highest BCUT2D eigenvalue weighted by Crippen LogP contribution is 2.20. The summed E-state index contributed by atoms with van der Waals surface area (Å²) in [5.74, 6) is 0.250. The van der Waals surface area contributed by atoms with Gasteiger partial charge in [0.2, 0.25) is 5.82 Å². The molecule has 1 heterocycles. The third kappa shape index (κ3) is 2.48. The predicted molar refractivity (Wildman–Crippen MR) is 58.5 cm³/mol. The van der Waals surface area contributed by atoms with Gasteiger partial charge >= 0.3 is 0 Å². The molecule has 0 aliphatic carbocycles. The zero-order valence-corrected chi connectivity index (χ0v) is 9.26. The average molecular weight is 237 g/mol. The van der Waals surface area contributed by atoms with Crippen molar-refractivity contribution in [2.24, 2.45) is 5.73 Å². The van der Waals surface area contributed by atoms with Gasteiger partial charge in [0.25, 0.3) is 5.89 Å². The maximum atomic E-state index is 13.0. The van der Waals surface area contributed by atoms with Gasteiger partial charge in [0.1, 0.15) is 11.9 Å². The second kappa shape index (κ2) is 5.03. The number of methoxy groups -OCH3 is 1. The first-order chi connectivity index (χ1) is 8.24. The highest BCUT2D eigenvalue weighted by molar-refractivity contribution is 5.53. The Morgan fingerprint density at radius 2 is 2.35 bits per heavy atom. The summed E-state index contributed by atoms with van der Waals surface area (Å²) in [6, 6.07) is 5.96. The van der Waals surface area contributed by atoms with Crippen LogP contribution in [0.15, 0.2) is 28.8 Å². The van der Waals surface area contributed by atoms with Crippen molar-refractivity contribution < 1.29 is 13.7 Å². The summed E-state index contributed by atoms with van der Waals surface area (Å²) in [5, 5.41) is 3.76. The topological polar surface area (TPSA) is 74.2 Å². The van der Waals surface area contributed by atoms with E-state index in [1.54, 1.807) is 12.1 Å². The van der Waals surface area contributed by atoms with Gasteiger partial charge in [0.05, 0.1) is 0 Å². The normalized spacial score (nSPS) is 12.6. The SMILES string of the molecule is COC(CN)c1nc(-c2cccc(F)c2)no1. The van der Waals surface area contributed by atoms with Gasteiger partial charge in [-0.3, -0.25) is 0 Å². The van der Waals surface area contributed by atoms with Crippen LogP contribution >= 0.6 is 0 Å². The van der Waals surface area contributed by atoms with E-state index in [9.17, 15) is 4.39 Å². The number of aromatic nitrogens is 2. The van der Waals surface area contributed by atoms with Crippen LogP contribution in [0.5, 0.6) is 0 Å². The molecule has 1 aromatic heterocycles. The lowest BCUT2D eigenvalue weighted by atomic mass is 10.2. The summed E-state index contributed by atoms with van der Waals surface area (Å²) in [4.78, 5) is 4.11. The number of halogens is 1. The Morgan fingerprint density at radius 1 is 1.53 bits per heavy atom. The van der Waals surface area contributed by atoms with Crippen molar-refractivity contribution in [2.45, 2.75) is 6.10 Å². The molecule has 2 aromatic rings. The van der Waals surface area contributed by atoms with Gasteiger partial charge < -0.3 is 15.0 Å². The number of benzene rings is 1. The number of nitrogens with zero attached hydrogens (tertiary/aromatic N) is 2. The van der Waals surface area contributed by atoms with Gasteiger partial charge in [-0.05, 0) is 12.1 Å². The van der Waals surface area contributed by atoms with Crippen LogP contribution in [0.2, 0.25) is 0 Å². The van der Waals surface area contributed by atoms with Crippen molar-refractivity contribution in [1.29, 1.82) is 0 Å². The first-order valence-corrected chi connectivity index (χ1v) is 5.07. The molecular weight excluding hydrogens is 225 g/mol. The first kappa shape index (κ1) is 11.7. The van der Waals surface area contributed by atoms with Crippen molar-refractivity contribution >= 4 is 0 Å². The molecule has 0 aliphatic heterocycles. The number of ether oxygens (including phenoxy) is 1. The maximum Gasteiger partial charge on any atom is 0.257 e. The van der Waals surface area contributed by atoms with Gasteiger partial charge in [0.15, 0.2) is 0 Å². The summed E-state index contributed by atoms with van der Waals surface area (Å²) in [6.07, 6.45) is -0.440. The minimum atomic E-state index is -0.440. The number of rotatable bonds is 4. The Balaban J connectivity index is 2.29. The largest absolute Gasteiger partial charge is 0.370 e. The number of hydrogen-bond donors (Lipinski definition) is 1. The van der Waals surface area contributed by atoms with Crippen molar-refractivity contribution in [2.75, 3.05) is 13.7 Å². The van der Waals surface area contributed by atoms with E-state index >= 15 is 0 Å². The minimum absolute atomic E-state index is 0.237. The molecule has 17 heavy (non-hydrogen) atoms. The zero-order valence-electron chi connectivity index (χ0n) is 9.26. The van der Waals surface area contributed by atoms with E-state index in [-0.39, 0.29) is 18.3 Å². The van der Waals surface area contributed by atoms with Gasteiger partial charge in [-0.2, -0.15) is 4.98 Å². The molecule has 0 saturated heterocycles. The highest BCUT2D eigenvalue weighted by atomic mass is 19.1. The lowest BCUT2D eigenvalue weighted by molar-refractivity contribution is 0.0804. The monoisotopic (exact) mass is 237 g/mol. The van der Waals surface area contributed by atoms with Crippen LogP contribution in [-0.2, 0) is 4.74 Å². The molecule has 1 atom stereocenters. The molecule has 6 heteroatoms. The second-order valence-electron chi connectivity index (χ2n) is 3.43. The van der Waals surface area contributed by atoms with E-state index in [0.717, 1.165) is 0 Å². The molecule has 0 aliphatic rings. The van der Waals surface area contributed by atoms with Gasteiger partial charge in [-0.15, -0.1) is 0 Å². The van der Waals surface area contributed by atoms with Gasteiger partial charge in [-0.25, -0.2) is 4.39 Å². The molecule has 1 unspecified atom stereocenters. The van der Waals surface area contributed by atoms with Crippen LogP contribution in [0, 0.1) is 5.82 Å². The van der Waals surface area contributed by atoms with Crippen LogP contribution < -0.4 is 5.73 Å². The van der Waals surface area contributed by atoms with E-state index in [0.29, 0.717) is 11.4 Å². The quantitative estimate of drug-likeness (QED) is 0.872. The fourth-order valence-electron chi connectivity index (χ4n) is 1.41. The van der Waals surface area contributed by atoms with Gasteiger partial charge in [0, 0.05) is 19.2 Å². The maximum absolute atomic E-state index is 13.0. The van der Waals surface area contributed by atoms with Crippen LogP contribution in [0.25, 0.3) is 11.4 Å². The van der Waals surface area contributed by atoms with Crippen molar-refractivity contribution in [3.63, 3.8) is 0 Å². The molecule has 1 aromatic carbocycles. The summed E-state index contributed by atoms with van der Waals surface area (Å²) in [6.45, 7) is 0.237. The molecule has 90 valence electrons. The summed E-state index contributed by atoms with van der Waals surface area (Å²) < 4.78 is 23.1. The molecule has 2 rings (SSSR count). The second-order valence-corrected chi connectivity index (χ2v) is 3.43. The molecule has 2 N–H and O–H groups in total. The first-order valence-electron chi connectivity index (χ1n) is 5.07. The Morgan fingerprint density at radius 3 is 3.00 bits per heavy atom. The Bertz CT molecular complexity index is 497. The van der Waals surface area contributed by atoms with Crippen LogP contribution in [0.4, 0.5) is 4.39 Å². The Kier molecular flexibility index (Phi) is 3.46. The van der Waals surface area contributed by atoms with Crippen LogP contribution in [0.3, 0.4) is 0 Å². The third-order valence-electron chi connectivity index (χ3n) is 2.30. The van der Waals surface area contributed by atoms with E-state index in [1.807, 2.05) is 0 Å². The molecular formula is C11H12FN3O2. The van der Waals surface area contributed by atoms with Crippen molar-refractivity contribution in [3.05, 3.63) is 36.0 Å². The van der Waals surface area contributed by atoms with E-state index in [2.05, 4.69) is 10.1 Å². The molecule has 0 bridgehead atoms. The highest BCUT2D eigenvalue weighted by Gasteiger charge is 2.17. The molecule has 0 spiro atoms. The molecule has 0 amide bonds. The summed E-state index contributed by atoms with van der Waals surface area (Å²) >= 11 is 0. The molecule has 0 saturated carbocycles. The fraction of sp³-hybridized carbons (Fsp3) is 0.273. The summed E-state index contributed by atoms with van der Waals surface area (Å²) in [5.41, 5.74) is 6.02. The average Bonchev–Trinajstić information content (AvgIpc) is 2.80. The van der Waals surface area contributed by atoms with Crippen LogP contribution in [-0.4, -0.2) is 23.8 Å². The summed E-state index contributed by atoms with van der Waals surface area (Å²) in [7, 11) is 1.50. The standard InChI is InChI=1S/C11H12FN3O2/c1-16-9(6-13)11-14-10(15-17-11)7-3-2-4-8(12)5-7/h2-5,9H,6,13H2,1H3. The Labute approximate surface area is 97.4 Å². The van der Waals surface area contributed by atoms with E-state index in [1.165, 1.54) is 19.2 Å². The molecule has 5 nitrogen and oxygen atoms in total.